The van der Waals surface area contributed by atoms with Gasteiger partial charge in [0.1, 0.15) is 5.82 Å². The van der Waals surface area contributed by atoms with Crippen LogP contribution >= 0.6 is 15.9 Å². The van der Waals surface area contributed by atoms with Crippen LogP contribution in [0.3, 0.4) is 0 Å². The lowest BCUT2D eigenvalue weighted by Crippen LogP contribution is -2.26. The number of benzene rings is 2. The highest BCUT2D eigenvalue weighted by Crippen LogP contribution is 2.20. The molecule has 0 unspecified atom stereocenters. The molecule has 4 nitrogen and oxygen atoms in total. The van der Waals surface area contributed by atoms with E-state index in [1.807, 2.05) is 35.3 Å². The average molecular weight is 418 g/mol. The van der Waals surface area contributed by atoms with Crippen LogP contribution in [-0.4, -0.2) is 32.9 Å². The fraction of sp³-hybridized carbons (Fsp3) is 0.250. The molecule has 0 saturated carbocycles. The van der Waals surface area contributed by atoms with Gasteiger partial charge < -0.3 is 5.11 Å². The summed E-state index contributed by atoms with van der Waals surface area (Å²) in [6, 6.07) is 14.8. The SMILES string of the molecule is OCCN(Cc1cnn(Cc2ccccc2)c1)Cc1cc(F)ccc1Br. The zero-order chi connectivity index (χ0) is 18.4. The predicted octanol–water partition coefficient (Wildman–Crippen LogP) is 3.83. The maximum atomic E-state index is 13.5. The van der Waals surface area contributed by atoms with Gasteiger partial charge in [-0.05, 0) is 29.3 Å². The van der Waals surface area contributed by atoms with Gasteiger partial charge in [0.15, 0.2) is 0 Å². The van der Waals surface area contributed by atoms with E-state index in [0.717, 1.165) is 22.1 Å². The van der Waals surface area contributed by atoms with Crippen LogP contribution in [0.15, 0.2) is 65.4 Å². The average Bonchev–Trinajstić information content (AvgIpc) is 3.06. The van der Waals surface area contributed by atoms with Crippen molar-refractivity contribution in [2.24, 2.45) is 0 Å². The second-order valence-corrected chi connectivity index (χ2v) is 7.06. The van der Waals surface area contributed by atoms with Crippen LogP contribution in [0.4, 0.5) is 4.39 Å². The van der Waals surface area contributed by atoms with Gasteiger partial charge >= 0.3 is 0 Å². The Morgan fingerprint density at radius 1 is 1.08 bits per heavy atom. The van der Waals surface area contributed by atoms with Gasteiger partial charge in [0.25, 0.3) is 0 Å². The molecular formula is C20H21BrFN3O. The highest BCUT2D eigenvalue weighted by Gasteiger charge is 2.11. The molecule has 6 heteroatoms. The summed E-state index contributed by atoms with van der Waals surface area (Å²) in [7, 11) is 0. The Hall–Kier alpha value is -2.02. The third kappa shape index (κ3) is 5.24. The lowest BCUT2D eigenvalue weighted by Gasteiger charge is -2.21. The summed E-state index contributed by atoms with van der Waals surface area (Å²) in [6.07, 6.45) is 3.85. The molecule has 3 aromatic rings. The molecular weight excluding hydrogens is 397 g/mol. The van der Waals surface area contributed by atoms with Crippen molar-refractivity contribution >= 4 is 15.9 Å². The Kier molecular flexibility index (Phi) is 6.55. The first-order chi connectivity index (χ1) is 12.6. The van der Waals surface area contributed by atoms with E-state index in [2.05, 4.69) is 38.1 Å². The molecule has 0 spiro atoms. The Morgan fingerprint density at radius 3 is 2.65 bits per heavy atom. The molecule has 0 atom stereocenters. The summed E-state index contributed by atoms with van der Waals surface area (Å²) in [6.45, 7) is 2.45. The highest BCUT2D eigenvalue weighted by molar-refractivity contribution is 9.10. The second-order valence-electron chi connectivity index (χ2n) is 6.20. The van der Waals surface area contributed by atoms with Crippen molar-refractivity contribution in [1.29, 1.82) is 0 Å². The number of aromatic nitrogens is 2. The molecule has 0 aliphatic rings. The quantitative estimate of drug-likeness (QED) is 0.605. The second kappa shape index (κ2) is 9.07. The molecule has 1 aromatic heterocycles. The van der Waals surface area contributed by atoms with Crippen molar-refractivity contribution < 1.29 is 9.50 Å². The van der Waals surface area contributed by atoms with E-state index in [1.165, 1.54) is 17.7 Å². The largest absolute Gasteiger partial charge is 0.395 e. The molecule has 0 aliphatic heterocycles. The van der Waals surface area contributed by atoms with Gasteiger partial charge in [-0.2, -0.15) is 5.10 Å². The van der Waals surface area contributed by atoms with Crippen LogP contribution in [0.5, 0.6) is 0 Å². The Labute approximate surface area is 161 Å². The van der Waals surface area contributed by atoms with Gasteiger partial charge in [0.05, 0.1) is 19.3 Å². The maximum absolute atomic E-state index is 13.5. The molecule has 0 radical (unpaired) electrons. The van der Waals surface area contributed by atoms with Crippen LogP contribution in [0.25, 0.3) is 0 Å². The normalized spacial score (nSPS) is 11.2. The van der Waals surface area contributed by atoms with Crippen molar-refractivity contribution in [2.45, 2.75) is 19.6 Å². The summed E-state index contributed by atoms with van der Waals surface area (Å²) in [5, 5.41) is 13.8. The Morgan fingerprint density at radius 2 is 1.88 bits per heavy atom. The summed E-state index contributed by atoms with van der Waals surface area (Å²) >= 11 is 3.46. The minimum atomic E-state index is -0.261. The number of hydrogen-bond donors (Lipinski definition) is 1. The first-order valence-electron chi connectivity index (χ1n) is 8.46. The van der Waals surface area contributed by atoms with Gasteiger partial charge in [-0.25, -0.2) is 4.39 Å². The van der Waals surface area contributed by atoms with Crippen molar-refractivity contribution in [3.8, 4) is 0 Å². The lowest BCUT2D eigenvalue weighted by atomic mass is 10.2. The van der Waals surface area contributed by atoms with E-state index in [1.54, 1.807) is 6.07 Å². The molecule has 0 fully saturated rings. The van der Waals surface area contributed by atoms with Gasteiger partial charge in [-0.15, -0.1) is 0 Å². The summed E-state index contributed by atoms with van der Waals surface area (Å²) in [4.78, 5) is 2.07. The number of halogens is 2. The number of rotatable bonds is 8. The van der Waals surface area contributed by atoms with Crippen LogP contribution in [0, 0.1) is 5.82 Å². The van der Waals surface area contributed by atoms with Crippen molar-refractivity contribution in [3.63, 3.8) is 0 Å². The van der Waals surface area contributed by atoms with Crippen molar-refractivity contribution in [3.05, 3.63) is 87.9 Å². The van der Waals surface area contributed by atoms with E-state index in [4.69, 9.17) is 0 Å². The van der Waals surface area contributed by atoms with Crippen molar-refractivity contribution in [2.75, 3.05) is 13.2 Å². The molecule has 1 N–H and O–H groups in total. The van der Waals surface area contributed by atoms with E-state index in [0.29, 0.717) is 19.6 Å². The molecule has 136 valence electrons. The van der Waals surface area contributed by atoms with Gasteiger partial charge in [0.2, 0.25) is 0 Å². The standard InChI is InChI=1S/C20H21BrFN3O/c21-20-7-6-19(22)10-18(20)15-24(8-9-26)12-17-11-23-25(14-17)13-16-4-2-1-3-5-16/h1-7,10-11,14,26H,8-9,12-13,15H2. The summed E-state index contributed by atoms with van der Waals surface area (Å²) in [5.74, 6) is -0.261. The van der Waals surface area contributed by atoms with E-state index in [-0.39, 0.29) is 12.4 Å². The Bertz CT molecular complexity index is 838. The molecule has 3 rings (SSSR count). The fourth-order valence-corrected chi connectivity index (χ4v) is 3.24. The minimum absolute atomic E-state index is 0.0467. The van der Waals surface area contributed by atoms with Gasteiger partial charge in [0, 0.05) is 35.9 Å². The van der Waals surface area contributed by atoms with Crippen LogP contribution in [0.1, 0.15) is 16.7 Å². The lowest BCUT2D eigenvalue weighted by molar-refractivity contribution is 0.184. The molecule has 0 amide bonds. The number of aliphatic hydroxyl groups is 1. The van der Waals surface area contributed by atoms with Gasteiger partial charge in [-0.3, -0.25) is 9.58 Å². The zero-order valence-electron chi connectivity index (χ0n) is 14.4. The van der Waals surface area contributed by atoms with Crippen molar-refractivity contribution in [1.82, 2.24) is 14.7 Å². The molecule has 0 saturated heterocycles. The number of hydrogen-bond acceptors (Lipinski definition) is 3. The predicted molar refractivity (Wildman–Crippen MR) is 103 cm³/mol. The first kappa shape index (κ1) is 18.8. The van der Waals surface area contributed by atoms with E-state index in [9.17, 15) is 9.50 Å². The third-order valence-electron chi connectivity index (χ3n) is 4.10. The third-order valence-corrected chi connectivity index (χ3v) is 4.87. The monoisotopic (exact) mass is 417 g/mol. The highest BCUT2D eigenvalue weighted by atomic mass is 79.9. The Balaban J connectivity index is 1.67. The van der Waals surface area contributed by atoms with Gasteiger partial charge in [-0.1, -0.05) is 46.3 Å². The molecule has 1 heterocycles. The molecule has 2 aromatic carbocycles. The molecule has 0 aliphatic carbocycles. The van der Waals surface area contributed by atoms with Crippen LogP contribution < -0.4 is 0 Å². The summed E-state index contributed by atoms with van der Waals surface area (Å²) < 4.78 is 16.3. The smallest absolute Gasteiger partial charge is 0.123 e. The summed E-state index contributed by atoms with van der Waals surface area (Å²) in [5.41, 5.74) is 3.11. The fourth-order valence-electron chi connectivity index (χ4n) is 2.86. The van der Waals surface area contributed by atoms with Crippen LogP contribution in [0.2, 0.25) is 0 Å². The van der Waals surface area contributed by atoms with E-state index >= 15 is 0 Å². The molecule has 26 heavy (non-hydrogen) atoms. The van der Waals surface area contributed by atoms with E-state index < -0.39 is 0 Å². The topological polar surface area (TPSA) is 41.3 Å². The number of aliphatic hydroxyl groups excluding tert-OH is 1. The molecule has 0 bridgehead atoms. The zero-order valence-corrected chi connectivity index (χ0v) is 15.9. The first-order valence-corrected chi connectivity index (χ1v) is 9.26. The minimum Gasteiger partial charge on any atom is -0.395 e. The number of nitrogens with zero attached hydrogens (tertiary/aromatic N) is 3. The maximum Gasteiger partial charge on any atom is 0.123 e. The van der Waals surface area contributed by atoms with Crippen LogP contribution in [-0.2, 0) is 19.6 Å².